The first kappa shape index (κ1) is 18.4. The zero-order valence-corrected chi connectivity index (χ0v) is 15.8. The molecule has 1 saturated heterocycles. The number of halogens is 1. The van der Waals surface area contributed by atoms with E-state index in [4.69, 9.17) is 4.74 Å². The summed E-state index contributed by atoms with van der Waals surface area (Å²) >= 11 is 3.39. The van der Waals surface area contributed by atoms with Crippen molar-refractivity contribution in [3.63, 3.8) is 0 Å². The Hall–Kier alpha value is -2.44. The second-order valence-electron chi connectivity index (χ2n) is 5.90. The van der Waals surface area contributed by atoms with Gasteiger partial charge in [-0.3, -0.25) is 9.59 Å². The summed E-state index contributed by atoms with van der Waals surface area (Å²) in [7, 11) is 1.54. The van der Waals surface area contributed by atoms with E-state index in [1.165, 1.54) is 12.0 Å². The predicted octanol–water partition coefficient (Wildman–Crippen LogP) is 3.52. The average molecular weight is 416 g/mol. The summed E-state index contributed by atoms with van der Waals surface area (Å²) in [6, 6.07) is 15.5. The molecule has 3 rings (SSSR count). The molecule has 134 valence electrons. The molecule has 0 aromatic heterocycles. The van der Waals surface area contributed by atoms with E-state index in [1.807, 2.05) is 30.3 Å². The van der Waals surface area contributed by atoms with Gasteiger partial charge in [0.05, 0.1) is 18.2 Å². The SMILES string of the molecule is COCCN1C(=O)C(=O)/C(=C(/O)c2ccccc2)[C@H]1c1ccc(Br)cc1. The first-order chi connectivity index (χ1) is 12.5. The molecular weight excluding hydrogens is 398 g/mol. The molecule has 1 aliphatic heterocycles. The Labute approximate surface area is 160 Å². The summed E-state index contributed by atoms with van der Waals surface area (Å²) < 4.78 is 5.97. The molecule has 1 aliphatic rings. The van der Waals surface area contributed by atoms with Crippen molar-refractivity contribution in [3.05, 3.63) is 75.8 Å². The number of Topliss-reactive ketones (excluding diaryl/α,β-unsaturated/α-hetero) is 1. The van der Waals surface area contributed by atoms with E-state index in [9.17, 15) is 14.7 Å². The van der Waals surface area contributed by atoms with Gasteiger partial charge in [-0.25, -0.2) is 0 Å². The number of ketones is 1. The molecule has 1 amide bonds. The Bertz CT molecular complexity index is 846. The van der Waals surface area contributed by atoms with Gasteiger partial charge in [-0.2, -0.15) is 0 Å². The third-order valence-electron chi connectivity index (χ3n) is 4.31. The summed E-state index contributed by atoms with van der Waals surface area (Å²) in [6.45, 7) is 0.554. The third kappa shape index (κ3) is 3.43. The third-order valence-corrected chi connectivity index (χ3v) is 4.84. The fourth-order valence-corrected chi connectivity index (χ4v) is 3.31. The number of likely N-dealkylation sites (tertiary alicyclic amines) is 1. The van der Waals surface area contributed by atoms with Crippen molar-refractivity contribution in [1.82, 2.24) is 4.90 Å². The van der Waals surface area contributed by atoms with E-state index in [0.29, 0.717) is 12.2 Å². The van der Waals surface area contributed by atoms with E-state index in [-0.39, 0.29) is 17.9 Å². The number of aliphatic hydroxyl groups excluding tert-OH is 1. The Morgan fingerprint density at radius 2 is 1.77 bits per heavy atom. The largest absolute Gasteiger partial charge is 0.507 e. The van der Waals surface area contributed by atoms with Gasteiger partial charge < -0.3 is 14.7 Å². The van der Waals surface area contributed by atoms with Crippen LogP contribution in [0.25, 0.3) is 5.76 Å². The summed E-state index contributed by atoms with van der Waals surface area (Å²) in [5.41, 5.74) is 1.35. The molecule has 1 N–H and O–H groups in total. The lowest BCUT2D eigenvalue weighted by Crippen LogP contribution is -2.32. The van der Waals surface area contributed by atoms with Gasteiger partial charge in [-0.05, 0) is 17.7 Å². The molecule has 0 spiro atoms. The van der Waals surface area contributed by atoms with E-state index < -0.39 is 17.7 Å². The summed E-state index contributed by atoms with van der Waals surface area (Å²) in [4.78, 5) is 26.7. The van der Waals surface area contributed by atoms with E-state index in [0.717, 1.165) is 10.0 Å². The first-order valence-corrected chi connectivity index (χ1v) is 8.92. The fraction of sp³-hybridized carbons (Fsp3) is 0.200. The summed E-state index contributed by atoms with van der Waals surface area (Å²) in [5, 5.41) is 10.8. The Kier molecular flexibility index (Phi) is 5.54. The van der Waals surface area contributed by atoms with Crippen molar-refractivity contribution in [2.45, 2.75) is 6.04 Å². The fourth-order valence-electron chi connectivity index (χ4n) is 3.04. The van der Waals surface area contributed by atoms with Gasteiger partial charge in [-0.15, -0.1) is 0 Å². The van der Waals surface area contributed by atoms with Crippen LogP contribution in [0.15, 0.2) is 64.6 Å². The van der Waals surface area contributed by atoms with Gasteiger partial charge in [0.25, 0.3) is 11.7 Å². The van der Waals surface area contributed by atoms with E-state index in [2.05, 4.69) is 15.9 Å². The highest BCUT2D eigenvalue weighted by Crippen LogP contribution is 2.39. The second kappa shape index (κ2) is 7.85. The highest BCUT2D eigenvalue weighted by Gasteiger charge is 2.45. The lowest BCUT2D eigenvalue weighted by molar-refractivity contribution is -0.140. The lowest BCUT2D eigenvalue weighted by atomic mass is 9.95. The monoisotopic (exact) mass is 415 g/mol. The highest BCUT2D eigenvalue weighted by atomic mass is 79.9. The minimum Gasteiger partial charge on any atom is -0.507 e. The molecule has 0 saturated carbocycles. The van der Waals surface area contributed by atoms with Crippen LogP contribution < -0.4 is 0 Å². The molecule has 6 heteroatoms. The van der Waals surface area contributed by atoms with Crippen LogP contribution in [0.2, 0.25) is 0 Å². The van der Waals surface area contributed by atoms with Gasteiger partial charge in [0, 0.05) is 23.7 Å². The van der Waals surface area contributed by atoms with Crippen molar-refractivity contribution in [3.8, 4) is 0 Å². The van der Waals surface area contributed by atoms with Crippen LogP contribution in [0.1, 0.15) is 17.2 Å². The number of methoxy groups -OCH3 is 1. The van der Waals surface area contributed by atoms with Crippen LogP contribution in [-0.2, 0) is 14.3 Å². The molecule has 2 aromatic rings. The molecular formula is C20H18BrNO4. The Balaban J connectivity index is 2.15. The maximum atomic E-state index is 12.7. The van der Waals surface area contributed by atoms with Crippen LogP contribution in [0.4, 0.5) is 0 Å². The molecule has 1 heterocycles. The van der Waals surface area contributed by atoms with Crippen LogP contribution in [-0.4, -0.2) is 42.0 Å². The van der Waals surface area contributed by atoms with Crippen molar-refractivity contribution in [2.75, 3.05) is 20.3 Å². The number of benzene rings is 2. The number of aliphatic hydroxyl groups is 1. The number of nitrogens with zero attached hydrogens (tertiary/aromatic N) is 1. The average Bonchev–Trinajstić information content (AvgIpc) is 2.91. The number of carbonyl (C=O) groups excluding carboxylic acids is 2. The number of hydrogen-bond donors (Lipinski definition) is 1. The zero-order valence-electron chi connectivity index (χ0n) is 14.2. The van der Waals surface area contributed by atoms with Gasteiger partial charge in [0.15, 0.2) is 0 Å². The molecule has 2 aromatic carbocycles. The normalized spacial score (nSPS) is 19.2. The van der Waals surface area contributed by atoms with E-state index in [1.54, 1.807) is 24.3 Å². The van der Waals surface area contributed by atoms with Gasteiger partial charge in [-0.1, -0.05) is 58.4 Å². The predicted molar refractivity (Wildman–Crippen MR) is 101 cm³/mol. The number of carbonyl (C=O) groups is 2. The maximum Gasteiger partial charge on any atom is 0.295 e. The molecule has 1 atom stereocenters. The van der Waals surface area contributed by atoms with Gasteiger partial charge in [0.1, 0.15) is 5.76 Å². The van der Waals surface area contributed by atoms with Crippen molar-refractivity contribution in [2.24, 2.45) is 0 Å². The van der Waals surface area contributed by atoms with Gasteiger partial charge in [0.2, 0.25) is 0 Å². The van der Waals surface area contributed by atoms with Crippen LogP contribution in [0, 0.1) is 0 Å². The number of hydrogen-bond acceptors (Lipinski definition) is 4. The number of rotatable bonds is 5. The lowest BCUT2D eigenvalue weighted by Gasteiger charge is -2.25. The van der Waals surface area contributed by atoms with Crippen molar-refractivity contribution < 1.29 is 19.4 Å². The van der Waals surface area contributed by atoms with Crippen molar-refractivity contribution >= 4 is 33.4 Å². The smallest absolute Gasteiger partial charge is 0.295 e. The first-order valence-electron chi connectivity index (χ1n) is 8.13. The topological polar surface area (TPSA) is 66.8 Å². The van der Waals surface area contributed by atoms with Crippen LogP contribution in [0.5, 0.6) is 0 Å². The summed E-state index contributed by atoms with van der Waals surface area (Å²) in [6.07, 6.45) is 0. The molecule has 0 radical (unpaired) electrons. The molecule has 0 bridgehead atoms. The Morgan fingerprint density at radius 3 is 2.38 bits per heavy atom. The van der Waals surface area contributed by atoms with Crippen LogP contribution in [0.3, 0.4) is 0 Å². The van der Waals surface area contributed by atoms with Crippen molar-refractivity contribution in [1.29, 1.82) is 0 Å². The number of amides is 1. The zero-order chi connectivity index (χ0) is 18.7. The minimum absolute atomic E-state index is 0.0969. The molecule has 26 heavy (non-hydrogen) atoms. The second-order valence-corrected chi connectivity index (χ2v) is 6.82. The standard InChI is InChI=1S/C20H18BrNO4/c1-26-12-11-22-17(13-7-9-15(21)10-8-13)16(19(24)20(22)25)18(23)14-5-3-2-4-6-14/h2-10,17,23H,11-12H2,1H3/b18-16+/t17-/m1/s1. The molecule has 1 fully saturated rings. The van der Waals surface area contributed by atoms with E-state index >= 15 is 0 Å². The van der Waals surface area contributed by atoms with Crippen LogP contribution >= 0.6 is 15.9 Å². The maximum absolute atomic E-state index is 12.7. The molecule has 0 aliphatic carbocycles. The summed E-state index contributed by atoms with van der Waals surface area (Å²) in [5.74, 6) is -1.49. The molecule has 5 nitrogen and oxygen atoms in total. The number of ether oxygens (including phenoxy) is 1. The molecule has 0 unspecified atom stereocenters. The highest BCUT2D eigenvalue weighted by molar-refractivity contribution is 9.10. The van der Waals surface area contributed by atoms with Gasteiger partial charge >= 0.3 is 0 Å². The minimum atomic E-state index is -0.685. The Morgan fingerprint density at radius 1 is 1.12 bits per heavy atom. The quantitative estimate of drug-likeness (QED) is 0.460.